The van der Waals surface area contributed by atoms with Crippen molar-refractivity contribution in [3.63, 3.8) is 0 Å². The Labute approximate surface area is 182 Å². The van der Waals surface area contributed by atoms with Crippen LogP contribution < -0.4 is 4.57 Å². The van der Waals surface area contributed by atoms with Crippen LogP contribution in [0.15, 0.2) is 24.5 Å². The monoisotopic (exact) mass is 536 g/mol. The minimum absolute atomic E-state index is 0.506. The number of hydrogen-bond acceptors (Lipinski definition) is 7. The van der Waals surface area contributed by atoms with E-state index < -0.39 is 39.9 Å². The fourth-order valence-corrected chi connectivity index (χ4v) is 5.10. The molecule has 0 fully saturated rings. The predicted molar refractivity (Wildman–Crippen MR) is 101 cm³/mol. The summed E-state index contributed by atoms with van der Waals surface area (Å²) in [6, 6.07) is 4.16. The average Bonchev–Trinajstić information content (AvgIpc) is 2.64. The molecule has 1 aromatic rings. The minimum Gasteiger partial charge on any atom is -0.421 e. The molecule has 9 nitrogen and oxygen atoms in total. The van der Waals surface area contributed by atoms with E-state index in [0.717, 1.165) is 4.13 Å². The van der Waals surface area contributed by atoms with Crippen LogP contribution in [-0.4, -0.2) is 58.0 Å². The van der Waals surface area contributed by atoms with E-state index in [1.807, 2.05) is 12.3 Å². The highest BCUT2D eigenvalue weighted by atomic mass is 32.3. The Bertz CT molecular complexity index is 899. The van der Waals surface area contributed by atoms with Gasteiger partial charge < -0.3 is 17.4 Å². The standard InChI is InChI=1S/C12H22NO3Si.C2F6NO4S2/c1-11(2)12-7-6-8-13(9-12)10-17(14-3,15-4)16-5;3-1(4,5)14(10,11)9-15(12,13)2(6,7)8/h6-9,11H,10H2,1-5H3;/q+1;-1. The Kier molecular flexibility index (Phi) is 10.7. The van der Waals surface area contributed by atoms with E-state index in [9.17, 15) is 43.2 Å². The molecule has 32 heavy (non-hydrogen) atoms. The third-order valence-electron chi connectivity index (χ3n) is 3.64. The highest BCUT2D eigenvalue weighted by Gasteiger charge is 2.47. The van der Waals surface area contributed by atoms with Crippen molar-refractivity contribution in [1.29, 1.82) is 0 Å². The molecule has 0 spiro atoms. The molecule has 0 bridgehead atoms. The second kappa shape index (κ2) is 11.2. The molecule has 0 atom stereocenters. The lowest BCUT2D eigenvalue weighted by Crippen LogP contribution is -2.56. The van der Waals surface area contributed by atoms with Crippen molar-refractivity contribution in [3.05, 3.63) is 34.2 Å². The highest BCUT2D eigenvalue weighted by molar-refractivity contribution is 8.13. The number of alkyl halides is 6. The normalized spacial score (nSPS) is 13.6. The van der Waals surface area contributed by atoms with Gasteiger partial charge in [-0.3, -0.25) is 0 Å². The largest absolute Gasteiger partial charge is 0.569 e. The molecule has 0 saturated heterocycles. The van der Waals surface area contributed by atoms with Crippen LogP contribution in [0.25, 0.3) is 4.13 Å². The van der Waals surface area contributed by atoms with E-state index in [4.69, 9.17) is 13.3 Å². The molecule has 0 aliphatic rings. The van der Waals surface area contributed by atoms with Crippen molar-refractivity contribution < 1.29 is 61.0 Å². The van der Waals surface area contributed by atoms with Crippen LogP contribution in [-0.2, 0) is 39.5 Å². The van der Waals surface area contributed by atoms with Crippen molar-refractivity contribution in [2.45, 2.75) is 37.0 Å². The Balaban J connectivity index is 0.000000607. The molecular weight excluding hydrogens is 514 g/mol. The SMILES string of the molecule is CO[Si](C[n+]1cccc(C(C)C)c1)(OC)OC.O=S(=O)([N-]S(=O)(=O)C(F)(F)F)C(F)(F)F. The second-order valence-corrected chi connectivity index (χ2v) is 12.5. The molecule has 0 aromatic carbocycles. The molecule has 188 valence electrons. The maximum atomic E-state index is 11.4. The highest BCUT2D eigenvalue weighted by Crippen LogP contribution is 2.36. The first-order valence-corrected chi connectivity index (χ1v) is 13.1. The average molecular weight is 537 g/mol. The van der Waals surface area contributed by atoms with Gasteiger partial charge in [0.1, 0.15) is 0 Å². The van der Waals surface area contributed by atoms with Gasteiger partial charge in [0.25, 0.3) is 0 Å². The fraction of sp³-hybridized carbons (Fsp3) is 0.643. The number of sulfonamides is 2. The van der Waals surface area contributed by atoms with Gasteiger partial charge in [-0.25, -0.2) is 16.8 Å². The van der Waals surface area contributed by atoms with Crippen molar-refractivity contribution in [3.8, 4) is 0 Å². The fourth-order valence-electron chi connectivity index (χ4n) is 1.86. The van der Waals surface area contributed by atoms with E-state index in [-0.39, 0.29) is 0 Å². The van der Waals surface area contributed by atoms with Gasteiger partial charge in [-0.05, 0) is 12.0 Å². The first-order chi connectivity index (χ1) is 14.3. The van der Waals surface area contributed by atoms with E-state index in [1.165, 1.54) is 5.56 Å². The molecule has 1 aromatic heterocycles. The summed E-state index contributed by atoms with van der Waals surface area (Å²) in [5, 5.41) is 0. The summed E-state index contributed by atoms with van der Waals surface area (Å²) in [5.41, 5.74) is -11.1. The zero-order valence-corrected chi connectivity index (χ0v) is 20.1. The molecule has 0 aliphatic heterocycles. The molecule has 0 N–H and O–H groups in total. The van der Waals surface area contributed by atoms with E-state index in [2.05, 4.69) is 30.7 Å². The van der Waals surface area contributed by atoms with Gasteiger partial charge in [-0.2, -0.15) is 30.9 Å². The minimum atomic E-state index is -6.72. The van der Waals surface area contributed by atoms with E-state index >= 15 is 0 Å². The van der Waals surface area contributed by atoms with Gasteiger partial charge in [0, 0.05) is 33.0 Å². The second-order valence-electron chi connectivity index (χ2n) is 6.18. The van der Waals surface area contributed by atoms with Crippen LogP contribution >= 0.6 is 0 Å². The lowest BCUT2D eigenvalue weighted by atomic mass is 10.1. The summed E-state index contributed by atoms with van der Waals surface area (Å²) in [7, 11) is -11.1. The Morgan fingerprint density at radius 1 is 0.938 bits per heavy atom. The lowest BCUT2D eigenvalue weighted by Gasteiger charge is -2.22. The van der Waals surface area contributed by atoms with Gasteiger partial charge in [0.15, 0.2) is 32.4 Å². The van der Waals surface area contributed by atoms with Crippen LogP contribution in [0.3, 0.4) is 0 Å². The quantitative estimate of drug-likeness (QED) is 0.285. The molecule has 0 saturated carbocycles. The third-order valence-corrected chi connectivity index (χ3v) is 9.00. The Morgan fingerprint density at radius 3 is 1.66 bits per heavy atom. The van der Waals surface area contributed by atoms with Crippen LogP contribution in [0.1, 0.15) is 25.3 Å². The number of rotatable bonds is 8. The van der Waals surface area contributed by atoms with Crippen molar-refractivity contribution >= 4 is 28.9 Å². The van der Waals surface area contributed by atoms with Crippen LogP contribution in [0, 0.1) is 0 Å². The zero-order valence-electron chi connectivity index (χ0n) is 17.4. The Morgan fingerprint density at radius 2 is 1.34 bits per heavy atom. The van der Waals surface area contributed by atoms with Crippen molar-refractivity contribution in [2.75, 3.05) is 21.3 Å². The van der Waals surface area contributed by atoms with Gasteiger partial charge in [0.2, 0.25) is 6.17 Å². The number of pyridine rings is 1. The van der Waals surface area contributed by atoms with Gasteiger partial charge in [-0.15, -0.1) is 0 Å². The van der Waals surface area contributed by atoms with Crippen LogP contribution in [0.5, 0.6) is 0 Å². The first kappa shape index (κ1) is 30.7. The topological polar surface area (TPSA) is 114 Å². The molecule has 0 aliphatic carbocycles. The number of nitrogens with zero attached hydrogens (tertiary/aromatic N) is 2. The molecule has 1 rings (SSSR count). The summed E-state index contributed by atoms with van der Waals surface area (Å²) in [4.78, 5) is 0. The summed E-state index contributed by atoms with van der Waals surface area (Å²) >= 11 is 0. The molecular formula is C14H22F6N2O7S2Si. The Hall–Kier alpha value is -1.31. The van der Waals surface area contributed by atoms with Crippen molar-refractivity contribution in [2.24, 2.45) is 0 Å². The summed E-state index contributed by atoms with van der Waals surface area (Å²) in [5.74, 6) is 0.506. The van der Waals surface area contributed by atoms with Crippen molar-refractivity contribution in [1.82, 2.24) is 0 Å². The number of hydrogen-bond donors (Lipinski definition) is 0. The molecule has 0 amide bonds. The maximum absolute atomic E-state index is 11.4. The van der Waals surface area contributed by atoms with Gasteiger partial charge >= 0.3 is 19.8 Å². The molecule has 0 unspecified atom stereocenters. The first-order valence-electron chi connectivity index (χ1n) is 8.28. The number of halogens is 6. The summed E-state index contributed by atoms with van der Waals surface area (Å²) in [6.45, 7) is 4.35. The van der Waals surface area contributed by atoms with E-state index in [0.29, 0.717) is 12.1 Å². The summed E-state index contributed by atoms with van der Waals surface area (Å²) < 4.78 is 127. The third kappa shape index (κ3) is 8.56. The maximum Gasteiger partial charge on any atom is 0.569 e. The molecule has 0 radical (unpaired) electrons. The van der Waals surface area contributed by atoms with Crippen LogP contribution in [0.2, 0.25) is 0 Å². The van der Waals surface area contributed by atoms with E-state index in [1.54, 1.807) is 21.3 Å². The predicted octanol–water partition coefficient (Wildman–Crippen LogP) is 2.57. The van der Waals surface area contributed by atoms with Gasteiger partial charge in [-0.1, -0.05) is 13.8 Å². The molecule has 18 heteroatoms. The lowest BCUT2D eigenvalue weighted by molar-refractivity contribution is -0.685. The van der Waals surface area contributed by atoms with Gasteiger partial charge in [0.05, 0.1) is 0 Å². The molecule has 1 heterocycles. The summed E-state index contributed by atoms with van der Waals surface area (Å²) in [6.07, 6.45) is 4.74. The zero-order chi connectivity index (χ0) is 25.6. The number of aromatic nitrogens is 1. The smallest absolute Gasteiger partial charge is 0.421 e. The van der Waals surface area contributed by atoms with Crippen LogP contribution in [0.4, 0.5) is 26.3 Å².